The van der Waals surface area contributed by atoms with E-state index in [0.717, 1.165) is 12.0 Å². The van der Waals surface area contributed by atoms with Crippen LogP contribution in [0.1, 0.15) is 31.9 Å². The van der Waals surface area contributed by atoms with Crippen molar-refractivity contribution in [3.8, 4) is 6.07 Å². The molecule has 13 heavy (non-hydrogen) atoms. The molecule has 0 heterocycles. The smallest absolute Gasteiger partial charge is 0.0992 e. The molecule has 1 nitrogen and oxygen atoms in total. The van der Waals surface area contributed by atoms with Gasteiger partial charge in [-0.25, -0.2) is 0 Å². The van der Waals surface area contributed by atoms with Gasteiger partial charge in [0.1, 0.15) is 0 Å². The number of rotatable bonds is 1. The molecule has 0 N–H and O–H groups in total. The molecule has 0 aliphatic heterocycles. The normalized spacial score (nSPS) is 8.23. The number of benzene rings is 1. The molecule has 0 unspecified atom stereocenters. The van der Waals surface area contributed by atoms with Gasteiger partial charge in [-0.15, -0.1) is 0 Å². The van der Waals surface area contributed by atoms with Crippen molar-refractivity contribution in [2.24, 2.45) is 0 Å². The Balaban J connectivity index is 0.000000671. The van der Waals surface area contributed by atoms with E-state index in [-0.39, 0.29) is 0 Å². The molecule has 0 radical (unpaired) electrons. The number of nitrogens with zero attached hydrogens (tertiary/aromatic N) is 1. The van der Waals surface area contributed by atoms with Gasteiger partial charge in [0.15, 0.2) is 0 Å². The van der Waals surface area contributed by atoms with Crippen LogP contribution in [0, 0.1) is 11.3 Å². The summed E-state index contributed by atoms with van der Waals surface area (Å²) in [6, 6.07) is 7.40. The molecule has 0 amide bonds. The van der Waals surface area contributed by atoms with Crippen LogP contribution in [0.5, 0.6) is 0 Å². The predicted octanol–water partition coefficient (Wildman–Crippen LogP) is 3.80. The highest BCUT2D eigenvalue weighted by molar-refractivity contribution is 6.31. The summed E-state index contributed by atoms with van der Waals surface area (Å²) in [4.78, 5) is 0. The molecule has 0 atom stereocenters. The molecule has 0 bridgehead atoms. The van der Waals surface area contributed by atoms with Gasteiger partial charge in [0, 0.05) is 5.02 Å². The minimum absolute atomic E-state index is 0.618. The Hall–Kier alpha value is -1.00. The molecule has 0 aliphatic carbocycles. The van der Waals surface area contributed by atoms with E-state index >= 15 is 0 Å². The van der Waals surface area contributed by atoms with Crippen molar-refractivity contribution >= 4 is 11.6 Å². The fourth-order valence-electron chi connectivity index (χ4n) is 0.904. The van der Waals surface area contributed by atoms with Gasteiger partial charge >= 0.3 is 0 Å². The third-order valence-electron chi connectivity index (χ3n) is 1.56. The van der Waals surface area contributed by atoms with Gasteiger partial charge in [-0.2, -0.15) is 5.26 Å². The molecule has 0 aliphatic rings. The maximum absolute atomic E-state index is 8.52. The fourth-order valence-corrected chi connectivity index (χ4v) is 1.22. The lowest BCUT2D eigenvalue weighted by Gasteiger charge is -1.98. The van der Waals surface area contributed by atoms with Crippen molar-refractivity contribution in [3.05, 3.63) is 34.3 Å². The van der Waals surface area contributed by atoms with Crippen molar-refractivity contribution < 1.29 is 0 Å². The quantitative estimate of drug-likeness (QED) is 0.669. The maximum atomic E-state index is 8.52. The van der Waals surface area contributed by atoms with Crippen LogP contribution < -0.4 is 0 Å². The highest BCUT2D eigenvalue weighted by Crippen LogP contribution is 2.17. The molecular weight excluding hydrogens is 182 g/mol. The van der Waals surface area contributed by atoms with E-state index in [1.807, 2.05) is 32.9 Å². The SMILES string of the molecule is CC.CCc1ccc(C#N)cc1Cl. The van der Waals surface area contributed by atoms with Gasteiger partial charge in [0.25, 0.3) is 0 Å². The topological polar surface area (TPSA) is 23.8 Å². The molecular formula is C11H14ClN. The zero-order chi connectivity index (χ0) is 10.3. The Morgan fingerprint density at radius 2 is 2.00 bits per heavy atom. The van der Waals surface area contributed by atoms with Crippen LogP contribution in [0.2, 0.25) is 5.02 Å². The first kappa shape index (κ1) is 12.0. The number of hydrogen-bond acceptors (Lipinski definition) is 1. The molecule has 0 spiro atoms. The molecule has 1 aromatic carbocycles. The number of hydrogen-bond donors (Lipinski definition) is 0. The van der Waals surface area contributed by atoms with Gasteiger partial charge in [-0.3, -0.25) is 0 Å². The van der Waals surface area contributed by atoms with Crippen molar-refractivity contribution in [1.29, 1.82) is 5.26 Å². The van der Waals surface area contributed by atoms with Gasteiger partial charge < -0.3 is 0 Å². The summed E-state index contributed by atoms with van der Waals surface area (Å²) in [7, 11) is 0. The predicted molar refractivity (Wildman–Crippen MR) is 56.9 cm³/mol. The number of nitriles is 1. The average Bonchev–Trinajstić information content (AvgIpc) is 2.20. The monoisotopic (exact) mass is 195 g/mol. The van der Waals surface area contributed by atoms with Crippen molar-refractivity contribution in [2.75, 3.05) is 0 Å². The first-order valence-electron chi connectivity index (χ1n) is 4.46. The van der Waals surface area contributed by atoms with Crippen molar-refractivity contribution in [2.45, 2.75) is 27.2 Å². The Morgan fingerprint density at radius 1 is 1.38 bits per heavy atom. The largest absolute Gasteiger partial charge is 0.192 e. The van der Waals surface area contributed by atoms with E-state index in [1.54, 1.807) is 12.1 Å². The van der Waals surface area contributed by atoms with E-state index in [0.29, 0.717) is 10.6 Å². The van der Waals surface area contributed by atoms with Crippen LogP contribution in [-0.2, 0) is 6.42 Å². The molecule has 0 aromatic heterocycles. The lowest BCUT2D eigenvalue weighted by atomic mass is 10.1. The minimum atomic E-state index is 0.618. The molecule has 1 rings (SSSR count). The summed E-state index contributed by atoms with van der Waals surface area (Å²) in [5, 5.41) is 9.20. The summed E-state index contributed by atoms with van der Waals surface area (Å²) in [6.45, 7) is 6.03. The Labute approximate surface area is 85.0 Å². The van der Waals surface area contributed by atoms with Crippen molar-refractivity contribution in [1.82, 2.24) is 0 Å². The average molecular weight is 196 g/mol. The van der Waals surface area contributed by atoms with Gasteiger partial charge in [-0.05, 0) is 24.1 Å². The fraction of sp³-hybridized carbons (Fsp3) is 0.364. The molecule has 0 saturated heterocycles. The number of aryl methyl sites for hydroxylation is 1. The Kier molecular flexibility index (Phi) is 6.01. The van der Waals surface area contributed by atoms with Crippen LogP contribution in [0.3, 0.4) is 0 Å². The second-order valence-corrected chi connectivity index (χ2v) is 2.68. The van der Waals surface area contributed by atoms with E-state index in [1.165, 1.54) is 0 Å². The lowest BCUT2D eigenvalue weighted by Crippen LogP contribution is -1.82. The molecule has 70 valence electrons. The van der Waals surface area contributed by atoms with Crippen LogP contribution in [0.15, 0.2) is 18.2 Å². The molecule has 1 aromatic rings. The summed E-state index contributed by atoms with van der Waals surface area (Å²) < 4.78 is 0. The van der Waals surface area contributed by atoms with Gasteiger partial charge in [0.05, 0.1) is 11.6 Å². The van der Waals surface area contributed by atoms with E-state index in [2.05, 4.69) is 0 Å². The van der Waals surface area contributed by atoms with Crippen molar-refractivity contribution in [3.63, 3.8) is 0 Å². The Bertz CT molecular complexity index is 299. The van der Waals surface area contributed by atoms with Crippen LogP contribution >= 0.6 is 11.6 Å². The second kappa shape index (κ2) is 6.51. The molecule has 2 heteroatoms. The maximum Gasteiger partial charge on any atom is 0.0992 e. The van der Waals surface area contributed by atoms with E-state index in [9.17, 15) is 0 Å². The van der Waals surface area contributed by atoms with Crippen LogP contribution in [0.25, 0.3) is 0 Å². The highest BCUT2D eigenvalue weighted by Gasteiger charge is 1.97. The van der Waals surface area contributed by atoms with E-state index in [4.69, 9.17) is 16.9 Å². The summed E-state index contributed by atoms with van der Waals surface area (Å²) in [5.41, 5.74) is 1.71. The van der Waals surface area contributed by atoms with Crippen LogP contribution in [-0.4, -0.2) is 0 Å². The summed E-state index contributed by atoms with van der Waals surface area (Å²) >= 11 is 5.86. The third kappa shape index (κ3) is 3.48. The first-order valence-corrected chi connectivity index (χ1v) is 4.84. The Morgan fingerprint density at radius 3 is 2.38 bits per heavy atom. The summed E-state index contributed by atoms with van der Waals surface area (Å²) in [5.74, 6) is 0. The molecule has 0 fully saturated rings. The number of halogens is 1. The second-order valence-electron chi connectivity index (χ2n) is 2.27. The summed E-state index contributed by atoms with van der Waals surface area (Å²) in [6.07, 6.45) is 0.907. The standard InChI is InChI=1S/C9H8ClN.C2H6/c1-2-8-4-3-7(6-11)5-9(8)10;1-2/h3-5H,2H2,1H3;1-2H3. The zero-order valence-corrected chi connectivity index (χ0v) is 9.02. The first-order chi connectivity index (χ1) is 6.27. The third-order valence-corrected chi connectivity index (χ3v) is 1.91. The minimum Gasteiger partial charge on any atom is -0.192 e. The molecule has 0 saturated carbocycles. The van der Waals surface area contributed by atoms with Crippen LogP contribution in [0.4, 0.5) is 0 Å². The van der Waals surface area contributed by atoms with Gasteiger partial charge in [0.2, 0.25) is 0 Å². The van der Waals surface area contributed by atoms with E-state index < -0.39 is 0 Å². The lowest BCUT2D eigenvalue weighted by molar-refractivity contribution is 1.14. The highest BCUT2D eigenvalue weighted by atomic mass is 35.5. The zero-order valence-electron chi connectivity index (χ0n) is 8.26. The van der Waals surface area contributed by atoms with Gasteiger partial charge in [-0.1, -0.05) is 38.4 Å².